The van der Waals surface area contributed by atoms with Crippen LogP contribution in [0.2, 0.25) is 0 Å². The van der Waals surface area contributed by atoms with Gasteiger partial charge in [-0.15, -0.1) is 0 Å². The quantitative estimate of drug-likeness (QED) is 0.719. The number of nitriles is 2. The molecule has 1 aromatic carbocycles. The Balaban J connectivity index is 3.20. The average Bonchev–Trinajstić information content (AvgIpc) is 2.35. The zero-order valence-corrected chi connectivity index (χ0v) is 8.58. The van der Waals surface area contributed by atoms with E-state index >= 15 is 0 Å². The predicted octanol–water partition coefficient (Wildman–Crippen LogP) is 0.485. The lowest BCUT2D eigenvalue weighted by Gasteiger charge is -2.15. The molecule has 1 rings (SSSR count). The van der Waals surface area contributed by atoms with Crippen LogP contribution in [0, 0.1) is 22.7 Å². The fourth-order valence-electron chi connectivity index (χ4n) is 1.28. The van der Waals surface area contributed by atoms with Gasteiger partial charge in [-0.2, -0.15) is 10.5 Å². The van der Waals surface area contributed by atoms with Crippen molar-refractivity contribution in [1.29, 1.82) is 10.5 Å². The molecule has 0 saturated heterocycles. The molecule has 2 atom stereocenters. The number of rotatable bonds is 3. The van der Waals surface area contributed by atoms with Crippen LogP contribution in [0.25, 0.3) is 0 Å². The van der Waals surface area contributed by atoms with Gasteiger partial charge in [0.25, 0.3) is 0 Å². The summed E-state index contributed by atoms with van der Waals surface area (Å²) < 4.78 is 4.97. The first-order valence-electron chi connectivity index (χ1n) is 4.47. The third-order valence-corrected chi connectivity index (χ3v) is 2.11. The lowest BCUT2D eigenvalue weighted by Crippen LogP contribution is -2.16. The fourth-order valence-corrected chi connectivity index (χ4v) is 1.28. The Morgan fingerprint density at radius 3 is 2.50 bits per heavy atom. The van der Waals surface area contributed by atoms with E-state index in [1.54, 1.807) is 0 Å². The standard InChI is InChI=1S/C11H10N2O3/c1-16-10-3-2-7(5-12)4-8(10)11(15)9(14)6-13/h2-4,9,11,14-15H,1H3. The molecule has 2 unspecified atom stereocenters. The van der Waals surface area contributed by atoms with E-state index < -0.39 is 12.2 Å². The molecule has 16 heavy (non-hydrogen) atoms. The Morgan fingerprint density at radius 1 is 1.31 bits per heavy atom. The third kappa shape index (κ3) is 2.29. The van der Waals surface area contributed by atoms with E-state index in [2.05, 4.69) is 0 Å². The second kappa shape index (κ2) is 5.13. The van der Waals surface area contributed by atoms with Crippen LogP contribution in [0.5, 0.6) is 5.75 Å². The molecule has 5 heteroatoms. The number of ether oxygens (including phenoxy) is 1. The molecule has 1 aromatic rings. The monoisotopic (exact) mass is 218 g/mol. The highest BCUT2D eigenvalue weighted by Gasteiger charge is 2.21. The van der Waals surface area contributed by atoms with Crippen molar-refractivity contribution in [3.63, 3.8) is 0 Å². The zero-order chi connectivity index (χ0) is 12.1. The molecule has 0 amide bonds. The molecular weight excluding hydrogens is 208 g/mol. The maximum absolute atomic E-state index is 9.66. The van der Waals surface area contributed by atoms with E-state index in [9.17, 15) is 10.2 Å². The van der Waals surface area contributed by atoms with Crippen LogP contribution in [0.4, 0.5) is 0 Å². The minimum Gasteiger partial charge on any atom is -0.496 e. The number of methoxy groups -OCH3 is 1. The van der Waals surface area contributed by atoms with Gasteiger partial charge in [0.2, 0.25) is 0 Å². The Kier molecular flexibility index (Phi) is 3.84. The number of hydrogen-bond acceptors (Lipinski definition) is 5. The van der Waals surface area contributed by atoms with Gasteiger partial charge in [-0.1, -0.05) is 0 Å². The summed E-state index contributed by atoms with van der Waals surface area (Å²) in [6, 6.07) is 7.82. The van der Waals surface area contributed by atoms with Crippen molar-refractivity contribution in [1.82, 2.24) is 0 Å². The number of benzene rings is 1. The van der Waals surface area contributed by atoms with Gasteiger partial charge in [-0.25, -0.2) is 0 Å². The molecule has 0 fully saturated rings. The number of aliphatic hydroxyl groups excluding tert-OH is 2. The van der Waals surface area contributed by atoms with Gasteiger partial charge >= 0.3 is 0 Å². The summed E-state index contributed by atoms with van der Waals surface area (Å²) in [4.78, 5) is 0. The van der Waals surface area contributed by atoms with Crippen LogP contribution >= 0.6 is 0 Å². The molecule has 82 valence electrons. The van der Waals surface area contributed by atoms with Crippen molar-refractivity contribution in [2.75, 3.05) is 7.11 Å². The second-order valence-corrected chi connectivity index (χ2v) is 3.09. The Hall–Kier alpha value is -2.08. The van der Waals surface area contributed by atoms with Gasteiger partial charge in [-0.3, -0.25) is 0 Å². The molecule has 0 spiro atoms. The summed E-state index contributed by atoms with van der Waals surface area (Å²) in [7, 11) is 1.40. The molecule has 5 nitrogen and oxygen atoms in total. The first-order chi connectivity index (χ1) is 7.63. The smallest absolute Gasteiger partial charge is 0.170 e. The zero-order valence-electron chi connectivity index (χ0n) is 8.58. The van der Waals surface area contributed by atoms with Crippen molar-refractivity contribution in [2.45, 2.75) is 12.2 Å². The average molecular weight is 218 g/mol. The van der Waals surface area contributed by atoms with Gasteiger partial charge in [0.05, 0.1) is 24.8 Å². The van der Waals surface area contributed by atoms with E-state index in [0.29, 0.717) is 11.3 Å². The van der Waals surface area contributed by atoms with Gasteiger partial charge in [0.15, 0.2) is 6.10 Å². The van der Waals surface area contributed by atoms with Crippen molar-refractivity contribution in [3.05, 3.63) is 29.3 Å². The molecule has 0 saturated carbocycles. The Morgan fingerprint density at radius 2 is 2.00 bits per heavy atom. The van der Waals surface area contributed by atoms with Crippen molar-refractivity contribution in [3.8, 4) is 17.9 Å². The van der Waals surface area contributed by atoms with E-state index in [1.165, 1.54) is 31.4 Å². The minimum atomic E-state index is -1.55. The SMILES string of the molecule is COc1ccc(C#N)cc1C(O)C(O)C#N. The molecule has 0 bridgehead atoms. The number of nitrogens with zero attached hydrogens (tertiary/aromatic N) is 2. The fraction of sp³-hybridized carbons (Fsp3) is 0.273. The summed E-state index contributed by atoms with van der Waals surface area (Å²) >= 11 is 0. The maximum atomic E-state index is 9.66. The van der Waals surface area contributed by atoms with Crippen molar-refractivity contribution in [2.24, 2.45) is 0 Å². The summed E-state index contributed by atoms with van der Waals surface area (Å²) in [6.45, 7) is 0. The maximum Gasteiger partial charge on any atom is 0.170 e. The topological polar surface area (TPSA) is 97.3 Å². The van der Waals surface area contributed by atoms with Gasteiger partial charge in [-0.05, 0) is 18.2 Å². The molecule has 0 aromatic heterocycles. The molecule has 2 N–H and O–H groups in total. The second-order valence-electron chi connectivity index (χ2n) is 3.09. The highest BCUT2D eigenvalue weighted by Crippen LogP contribution is 2.28. The molecule has 0 radical (unpaired) electrons. The van der Waals surface area contributed by atoms with E-state index in [0.717, 1.165) is 0 Å². The molecule has 0 aliphatic carbocycles. The summed E-state index contributed by atoms with van der Waals surface area (Å²) in [6.07, 6.45) is -2.95. The molecule has 0 aliphatic rings. The van der Waals surface area contributed by atoms with Crippen LogP contribution in [0.3, 0.4) is 0 Å². The summed E-state index contributed by atoms with van der Waals surface area (Å²) in [5, 5.41) is 36.1. The minimum absolute atomic E-state index is 0.218. The van der Waals surface area contributed by atoms with Crippen LogP contribution in [0.15, 0.2) is 18.2 Å². The summed E-state index contributed by atoms with van der Waals surface area (Å²) in [5.74, 6) is 0.320. The van der Waals surface area contributed by atoms with Crippen molar-refractivity contribution >= 4 is 0 Å². The van der Waals surface area contributed by atoms with E-state index in [1.807, 2.05) is 6.07 Å². The highest BCUT2D eigenvalue weighted by atomic mass is 16.5. The molecular formula is C11H10N2O3. The van der Waals surface area contributed by atoms with Gasteiger partial charge in [0, 0.05) is 5.56 Å². The molecule has 0 aliphatic heterocycles. The third-order valence-electron chi connectivity index (χ3n) is 2.11. The number of hydrogen-bond donors (Lipinski definition) is 2. The predicted molar refractivity (Wildman–Crippen MR) is 54.3 cm³/mol. The van der Waals surface area contributed by atoms with E-state index in [4.69, 9.17) is 15.3 Å². The first-order valence-corrected chi connectivity index (χ1v) is 4.47. The van der Waals surface area contributed by atoms with Crippen LogP contribution in [0.1, 0.15) is 17.2 Å². The van der Waals surface area contributed by atoms with Gasteiger partial charge in [0.1, 0.15) is 11.9 Å². The van der Waals surface area contributed by atoms with Crippen LogP contribution in [-0.2, 0) is 0 Å². The van der Waals surface area contributed by atoms with Crippen LogP contribution < -0.4 is 4.74 Å². The normalized spacial score (nSPS) is 13.3. The lowest BCUT2D eigenvalue weighted by molar-refractivity contribution is 0.0510. The van der Waals surface area contributed by atoms with Crippen molar-refractivity contribution < 1.29 is 14.9 Å². The summed E-state index contributed by atoms with van der Waals surface area (Å²) in [5.41, 5.74) is 0.538. The lowest BCUT2D eigenvalue weighted by atomic mass is 10.0. The van der Waals surface area contributed by atoms with Crippen LogP contribution in [-0.4, -0.2) is 23.4 Å². The largest absolute Gasteiger partial charge is 0.496 e. The van der Waals surface area contributed by atoms with E-state index in [-0.39, 0.29) is 5.56 Å². The highest BCUT2D eigenvalue weighted by molar-refractivity contribution is 5.43. The number of aliphatic hydroxyl groups is 2. The molecule has 0 heterocycles. The first kappa shape index (κ1) is 12.0. The Bertz CT molecular complexity index is 459. The Labute approximate surface area is 92.7 Å². The van der Waals surface area contributed by atoms with Gasteiger partial charge < -0.3 is 14.9 Å².